The molecule has 2 N–H and O–H groups in total. The van der Waals surface area contributed by atoms with Crippen molar-refractivity contribution in [3.8, 4) is 17.0 Å². The highest BCUT2D eigenvalue weighted by atomic mass is 16.5. The molecule has 140 valence electrons. The van der Waals surface area contributed by atoms with Gasteiger partial charge in [0.15, 0.2) is 0 Å². The first-order chi connectivity index (χ1) is 12.6. The summed E-state index contributed by atoms with van der Waals surface area (Å²) in [5.74, 6) is 2.24. The van der Waals surface area contributed by atoms with Crippen LogP contribution in [0.1, 0.15) is 49.7 Å². The van der Waals surface area contributed by atoms with Gasteiger partial charge in [0.1, 0.15) is 18.2 Å². The molecule has 0 saturated heterocycles. The lowest BCUT2D eigenvalue weighted by molar-refractivity contribution is 0.258. The third-order valence-corrected chi connectivity index (χ3v) is 5.17. The summed E-state index contributed by atoms with van der Waals surface area (Å²) in [6.07, 6.45) is 5.98. The van der Waals surface area contributed by atoms with Crippen LogP contribution in [0.2, 0.25) is 0 Å². The van der Waals surface area contributed by atoms with Crippen molar-refractivity contribution in [2.45, 2.75) is 44.9 Å². The van der Waals surface area contributed by atoms with Gasteiger partial charge in [-0.05, 0) is 74.7 Å². The Morgan fingerprint density at radius 2 is 2.00 bits per heavy atom. The van der Waals surface area contributed by atoms with Gasteiger partial charge in [-0.3, -0.25) is 0 Å². The Hall–Kier alpha value is -2.07. The van der Waals surface area contributed by atoms with Crippen LogP contribution in [0.3, 0.4) is 0 Å². The summed E-state index contributed by atoms with van der Waals surface area (Å²) in [7, 11) is 4.15. The molecule has 1 aliphatic carbocycles. The molecule has 4 nitrogen and oxygen atoms in total. The van der Waals surface area contributed by atoms with Crippen LogP contribution in [-0.4, -0.2) is 37.1 Å². The Balaban J connectivity index is 2.03. The second kappa shape index (κ2) is 8.54. The predicted molar refractivity (Wildman–Crippen MR) is 109 cm³/mol. The Morgan fingerprint density at radius 3 is 2.62 bits per heavy atom. The van der Waals surface area contributed by atoms with Crippen LogP contribution < -0.4 is 10.5 Å². The molecule has 1 aromatic carbocycles. The van der Waals surface area contributed by atoms with Gasteiger partial charge >= 0.3 is 0 Å². The molecular weight excluding hydrogens is 322 g/mol. The maximum Gasteiger partial charge on any atom is 0.124 e. The van der Waals surface area contributed by atoms with Crippen LogP contribution in [-0.2, 0) is 6.42 Å². The number of ether oxygens (including phenoxy) is 1. The molecule has 1 saturated carbocycles. The van der Waals surface area contributed by atoms with Crippen LogP contribution >= 0.6 is 0 Å². The molecule has 1 fully saturated rings. The first-order valence-corrected chi connectivity index (χ1v) is 9.76. The summed E-state index contributed by atoms with van der Waals surface area (Å²) in [5.41, 5.74) is 11.0. The van der Waals surface area contributed by atoms with Crippen molar-refractivity contribution in [3.63, 3.8) is 0 Å². The number of benzene rings is 1. The molecule has 4 heteroatoms. The number of likely N-dealkylation sites (N-methyl/N-ethyl adjacent to an activating group) is 1. The van der Waals surface area contributed by atoms with E-state index >= 15 is 0 Å². The fourth-order valence-electron chi connectivity index (χ4n) is 3.61. The molecule has 0 aliphatic heterocycles. The summed E-state index contributed by atoms with van der Waals surface area (Å²) >= 11 is 0. The van der Waals surface area contributed by atoms with Crippen LogP contribution in [0, 0.1) is 0 Å². The van der Waals surface area contributed by atoms with Crippen LogP contribution in [0.25, 0.3) is 11.3 Å². The summed E-state index contributed by atoms with van der Waals surface area (Å²) < 4.78 is 6.19. The topological polar surface area (TPSA) is 51.4 Å². The number of anilines is 1. The summed E-state index contributed by atoms with van der Waals surface area (Å²) in [4.78, 5) is 6.74. The van der Waals surface area contributed by atoms with E-state index in [0.29, 0.717) is 18.3 Å². The second-order valence-electron chi connectivity index (χ2n) is 7.48. The molecule has 26 heavy (non-hydrogen) atoms. The van der Waals surface area contributed by atoms with E-state index in [1.165, 1.54) is 36.0 Å². The predicted octanol–water partition coefficient (Wildman–Crippen LogP) is 4.49. The molecule has 0 unspecified atom stereocenters. The van der Waals surface area contributed by atoms with Gasteiger partial charge in [-0.15, -0.1) is 0 Å². The Bertz CT molecular complexity index is 738. The van der Waals surface area contributed by atoms with Crippen LogP contribution in [0.15, 0.2) is 30.3 Å². The minimum absolute atomic E-state index is 0.574. The van der Waals surface area contributed by atoms with Crippen molar-refractivity contribution in [3.05, 3.63) is 41.5 Å². The fourth-order valence-corrected chi connectivity index (χ4v) is 3.61. The molecule has 0 atom stereocenters. The second-order valence-corrected chi connectivity index (χ2v) is 7.48. The molecule has 0 spiro atoms. The number of nitrogens with zero attached hydrogens (tertiary/aromatic N) is 2. The number of aromatic nitrogens is 1. The first-order valence-electron chi connectivity index (χ1n) is 9.76. The van der Waals surface area contributed by atoms with Gasteiger partial charge in [0.2, 0.25) is 0 Å². The standard InChI is InChI=1S/C22H31N3O/c1-4-7-18-20(26-15-14-25(2)3)13-12-17(22(18)16-8-5-9-16)19-10-6-11-21(23)24-19/h6,10-13,16H,4-5,7-9,14-15H2,1-3H3,(H2,23,24). The van der Waals surface area contributed by atoms with Gasteiger partial charge < -0.3 is 15.4 Å². The molecular formula is C22H31N3O. The molecule has 0 amide bonds. The van der Waals surface area contributed by atoms with Crippen LogP contribution in [0.5, 0.6) is 5.75 Å². The van der Waals surface area contributed by atoms with E-state index in [2.05, 4.69) is 49.1 Å². The lowest BCUT2D eigenvalue weighted by Crippen LogP contribution is -2.20. The minimum atomic E-state index is 0.574. The van der Waals surface area contributed by atoms with Crippen molar-refractivity contribution < 1.29 is 4.74 Å². The van der Waals surface area contributed by atoms with Crippen molar-refractivity contribution in [1.82, 2.24) is 9.88 Å². The van der Waals surface area contributed by atoms with Gasteiger partial charge in [0.25, 0.3) is 0 Å². The SMILES string of the molecule is CCCc1c(OCCN(C)C)ccc(-c2cccc(N)n2)c1C1CCC1. The smallest absolute Gasteiger partial charge is 0.124 e. The highest BCUT2D eigenvalue weighted by Gasteiger charge is 2.27. The minimum Gasteiger partial charge on any atom is -0.492 e. The van der Waals surface area contributed by atoms with Crippen molar-refractivity contribution in [2.75, 3.05) is 33.0 Å². The molecule has 0 bridgehead atoms. The highest BCUT2D eigenvalue weighted by molar-refractivity contribution is 5.70. The van der Waals surface area contributed by atoms with Gasteiger partial charge in [-0.25, -0.2) is 4.98 Å². The zero-order valence-corrected chi connectivity index (χ0v) is 16.3. The molecule has 0 radical (unpaired) electrons. The summed E-state index contributed by atoms with van der Waals surface area (Å²) in [5, 5.41) is 0. The van der Waals surface area contributed by atoms with E-state index in [0.717, 1.165) is 30.8 Å². The average molecular weight is 354 g/mol. The van der Waals surface area contributed by atoms with Crippen molar-refractivity contribution >= 4 is 5.82 Å². The number of hydrogen-bond acceptors (Lipinski definition) is 4. The lowest BCUT2D eigenvalue weighted by atomic mass is 9.75. The Labute approximate surface area is 157 Å². The van der Waals surface area contributed by atoms with E-state index in [1.54, 1.807) is 0 Å². The van der Waals surface area contributed by atoms with Crippen molar-refractivity contribution in [1.29, 1.82) is 0 Å². The monoisotopic (exact) mass is 353 g/mol. The molecule has 3 rings (SSSR count). The van der Waals surface area contributed by atoms with Gasteiger partial charge in [0.05, 0.1) is 5.69 Å². The van der Waals surface area contributed by atoms with E-state index < -0.39 is 0 Å². The molecule has 1 aromatic heterocycles. The van der Waals surface area contributed by atoms with E-state index in [1.807, 2.05) is 12.1 Å². The average Bonchev–Trinajstić information content (AvgIpc) is 2.55. The Kier molecular flexibility index (Phi) is 6.15. The third-order valence-electron chi connectivity index (χ3n) is 5.17. The zero-order valence-electron chi connectivity index (χ0n) is 16.3. The zero-order chi connectivity index (χ0) is 18.5. The molecule has 2 aromatic rings. The molecule has 1 aliphatic rings. The van der Waals surface area contributed by atoms with Gasteiger partial charge in [-0.1, -0.05) is 25.8 Å². The largest absolute Gasteiger partial charge is 0.492 e. The fraction of sp³-hybridized carbons (Fsp3) is 0.500. The van der Waals surface area contributed by atoms with Gasteiger partial charge in [0, 0.05) is 12.1 Å². The number of rotatable bonds is 8. The maximum absolute atomic E-state index is 6.19. The summed E-state index contributed by atoms with van der Waals surface area (Å²) in [6.45, 7) is 3.87. The van der Waals surface area contributed by atoms with E-state index in [4.69, 9.17) is 10.5 Å². The number of nitrogen functional groups attached to an aromatic ring is 1. The van der Waals surface area contributed by atoms with E-state index in [-0.39, 0.29) is 0 Å². The normalized spacial score (nSPS) is 14.5. The van der Waals surface area contributed by atoms with Gasteiger partial charge in [-0.2, -0.15) is 0 Å². The number of hydrogen-bond donors (Lipinski definition) is 1. The number of nitrogens with two attached hydrogens (primary N) is 1. The quantitative estimate of drug-likeness (QED) is 0.759. The summed E-state index contributed by atoms with van der Waals surface area (Å²) in [6, 6.07) is 10.2. The third kappa shape index (κ3) is 4.18. The number of pyridine rings is 1. The van der Waals surface area contributed by atoms with Crippen molar-refractivity contribution in [2.24, 2.45) is 0 Å². The molecule has 1 heterocycles. The maximum atomic E-state index is 6.19. The Morgan fingerprint density at radius 1 is 1.19 bits per heavy atom. The lowest BCUT2D eigenvalue weighted by Gasteiger charge is -2.31. The highest BCUT2D eigenvalue weighted by Crippen LogP contribution is 2.45. The first kappa shape index (κ1) is 18.7. The van der Waals surface area contributed by atoms with Crippen LogP contribution in [0.4, 0.5) is 5.82 Å². The van der Waals surface area contributed by atoms with E-state index in [9.17, 15) is 0 Å².